The smallest absolute Gasteiger partial charge is 0.326 e. The molecule has 45 heteroatoms. The van der Waals surface area contributed by atoms with Crippen LogP contribution in [-0.4, -0.2) is 282 Å². The molecule has 12 atom stereocenters. The van der Waals surface area contributed by atoms with Crippen LogP contribution >= 0.6 is 25.3 Å². The van der Waals surface area contributed by atoms with Gasteiger partial charge in [0.05, 0.1) is 39.2 Å². The zero-order valence-corrected chi connectivity index (χ0v) is 66.2. The summed E-state index contributed by atoms with van der Waals surface area (Å²) in [6.07, 6.45) is -5.85. The maximum Gasteiger partial charge on any atom is 0.326 e. The number of hydrogen-bond donors (Lipinski definition) is 25. The number of likely N-dealkylation sites (tertiary alicyclic amines) is 1. The van der Waals surface area contributed by atoms with Gasteiger partial charge >= 0.3 is 23.9 Å². The highest BCUT2D eigenvalue weighted by Crippen LogP contribution is 2.23. The first kappa shape index (κ1) is 97.4. The van der Waals surface area contributed by atoms with Crippen molar-refractivity contribution in [3.05, 3.63) is 125 Å². The first-order chi connectivity index (χ1) is 56.9. The Morgan fingerprint density at radius 2 is 0.775 bits per heavy atom. The van der Waals surface area contributed by atoms with E-state index in [0.717, 1.165) is 11.8 Å². The van der Waals surface area contributed by atoms with Crippen molar-refractivity contribution in [3.8, 4) is 17.2 Å². The van der Waals surface area contributed by atoms with Crippen LogP contribution in [0.4, 0.5) is 0 Å². The number of nitrogens with zero attached hydrogens (tertiary/aromatic N) is 1. The molecule has 0 unspecified atom stereocenters. The fourth-order valence-corrected chi connectivity index (χ4v) is 12.2. The number of aliphatic hydroxyl groups is 1. The molecule has 1 aliphatic heterocycles. The molecular weight excluding hydrogens is 1620 g/mol. The summed E-state index contributed by atoms with van der Waals surface area (Å²) >= 11 is 8.37. The Hall–Kier alpha value is -13.2. The van der Waals surface area contributed by atoms with Crippen molar-refractivity contribution in [1.29, 1.82) is 0 Å². The van der Waals surface area contributed by atoms with Crippen molar-refractivity contribution in [2.45, 2.75) is 150 Å². The van der Waals surface area contributed by atoms with Crippen molar-refractivity contribution < 1.29 is 132 Å². The van der Waals surface area contributed by atoms with Crippen LogP contribution in [0, 0.1) is 0 Å². The molecule has 24 N–H and O–H groups in total. The van der Waals surface area contributed by atoms with Crippen LogP contribution < -0.4 is 80.2 Å². The van der Waals surface area contributed by atoms with Crippen molar-refractivity contribution in [2.75, 3.05) is 50.8 Å². The van der Waals surface area contributed by atoms with Gasteiger partial charge in [-0.15, -0.1) is 0 Å². The number of benzene rings is 4. The number of amides is 15. The molecule has 650 valence electrons. The second-order valence-corrected chi connectivity index (χ2v) is 28.0. The lowest BCUT2D eigenvalue weighted by molar-refractivity contribution is -0.144. The molecule has 0 bridgehead atoms. The van der Waals surface area contributed by atoms with Crippen LogP contribution in [0.1, 0.15) is 74.1 Å². The number of carboxylic acids is 4. The second-order valence-electron chi connectivity index (χ2n) is 27.3. The largest absolute Gasteiger partial charge is 0.508 e. The number of carboxylic acid groups (broad SMARTS) is 4. The highest BCUT2D eigenvalue weighted by Gasteiger charge is 2.42. The molecule has 1 fully saturated rings. The topological polar surface area (TPSA) is 684 Å². The number of phenolic OH excluding ortho intramolecular Hbond substituents is 3. The predicted molar refractivity (Wildman–Crippen MR) is 424 cm³/mol. The van der Waals surface area contributed by atoms with E-state index in [9.17, 15) is 127 Å². The third kappa shape index (κ3) is 33.4. The highest BCUT2D eigenvalue weighted by molar-refractivity contribution is 7.80. The van der Waals surface area contributed by atoms with Crippen molar-refractivity contribution in [3.63, 3.8) is 0 Å². The van der Waals surface area contributed by atoms with E-state index >= 15 is 4.79 Å². The molecule has 43 nitrogen and oxygen atoms in total. The number of hydrogen-bond acceptors (Lipinski definition) is 26. The van der Waals surface area contributed by atoms with E-state index in [2.05, 4.69) is 99.7 Å². The number of aliphatic hydroxyl groups excluding tert-OH is 1. The summed E-state index contributed by atoms with van der Waals surface area (Å²) in [5.74, 6) is -23.6. The van der Waals surface area contributed by atoms with Crippen molar-refractivity contribution in [2.24, 2.45) is 5.73 Å². The van der Waals surface area contributed by atoms with E-state index in [4.69, 9.17) is 5.73 Å². The van der Waals surface area contributed by atoms with Gasteiger partial charge in [0, 0.05) is 56.6 Å². The number of thiol groups is 2. The van der Waals surface area contributed by atoms with Gasteiger partial charge in [-0.25, -0.2) is 4.79 Å². The van der Waals surface area contributed by atoms with E-state index in [0.29, 0.717) is 22.3 Å². The lowest BCUT2D eigenvalue weighted by Gasteiger charge is -2.31. The standard InChI is InChI=1S/C75H96N16O27S2/c1-38(64(106)89-54(36-119)72(114)88-52(75(117)118)29-42-13-19-45(95)20-14-42)80-59(98)34-79-65(107)46(21-23-61(100)101)82-66(108)47(22-24-62(102)103)83-69(111)50(30-63(104)105)86-73(115)56-8-5-25-91(56)74(116)51(28-41-11-17-44(94)18-12-41)87-67(109)48(26-39-6-3-2-4-7-39)85-71(113)55(37-120)90-68(110)49(27-40-9-15-43(93)16-10-40)84-70(112)53(35-92)81-60(99)33-78-58(97)32-77-57(96)31-76/h2-4,6-7,9-20,38,46-56,92-95,119-120H,5,8,21-37,76H2,1H3,(H,77,96)(H,78,97)(H,79,107)(H,80,98)(H,81,99)(H,82,108)(H,83,111)(H,84,112)(H,85,113)(H,86,115)(H,87,109)(H,88,114)(H,89,106)(H,90,110)(H,100,101)(H,102,103)(H,104,105)(H,117,118)/t38-,46-,47-,48-,49-,50-,51-,52-,53-,54-,55-,56-/m0/s1. The van der Waals surface area contributed by atoms with Gasteiger partial charge in [0.15, 0.2) is 0 Å². The average Bonchev–Trinajstić information content (AvgIpc) is 1.61. The summed E-state index contributed by atoms with van der Waals surface area (Å²) in [5, 5.41) is 111. The quantitative estimate of drug-likeness (QED) is 0.0183. The minimum absolute atomic E-state index is 0.0701. The monoisotopic (exact) mass is 1720 g/mol. The van der Waals surface area contributed by atoms with Crippen molar-refractivity contribution in [1.82, 2.24) is 79.3 Å². The van der Waals surface area contributed by atoms with Gasteiger partial charge in [0.2, 0.25) is 88.6 Å². The first-order valence-electron chi connectivity index (χ1n) is 37.1. The van der Waals surface area contributed by atoms with Crippen LogP contribution in [0.3, 0.4) is 0 Å². The number of aromatic hydroxyl groups is 3. The Morgan fingerprint density at radius 1 is 0.400 bits per heavy atom. The Bertz CT molecular complexity index is 4320. The number of nitrogens with one attached hydrogen (secondary N) is 14. The fourth-order valence-electron chi connectivity index (χ4n) is 11.7. The zero-order chi connectivity index (χ0) is 88.9. The number of phenols is 3. The summed E-state index contributed by atoms with van der Waals surface area (Å²) in [6, 6.07) is 3.80. The SMILES string of the molecule is C[C@H](NC(=O)CNC(=O)[C@H](CCC(=O)O)NC(=O)[C@H](CCC(=O)O)NC(=O)[C@H](CC(=O)O)NC(=O)[C@@H]1CCCN1C(=O)[C@H](Cc1ccc(O)cc1)NC(=O)[C@H](Cc1ccccc1)NC(=O)[C@H](CS)NC(=O)[C@H](Cc1ccc(O)cc1)NC(=O)[C@H](CO)NC(=O)CNC(=O)CNC(=O)CN)C(=O)N[C@@H](CS)C(=O)N[C@@H](Cc1ccc(O)cc1)C(=O)O. The lowest BCUT2D eigenvalue weighted by Crippen LogP contribution is -2.61. The number of carbonyl (C=O) groups is 19. The van der Waals surface area contributed by atoms with Gasteiger partial charge in [-0.3, -0.25) is 86.3 Å². The van der Waals surface area contributed by atoms with Gasteiger partial charge in [0.25, 0.3) is 0 Å². The third-order valence-electron chi connectivity index (χ3n) is 18.1. The molecule has 4 aromatic carbocycles. The number of rotatable bonds is 49. The highest BCUT2D eigenvalue weighted by atomic mass is 32.1. The third-order valence-corrected chi connectivity index (χ3v) is 18.8. The van der Waals surface area contributed by atoms with E-state index < -0.39 is 256 Å². The van der Waals surface area contributed by atoms with Crippen LogP contribution in [0.2, 0.25) is 0 Å². The molecule has 0 aliphatic carbocycles. The molecule has 0 aromatic heterocycles. The fraction of sp³-hybridized carbons (Fsp3) is 0.427. The summed E-state index contributed by atoms with van der Waals surface area (Å²) < 4.78 is 0. The van der Waals surface area contributed by atoms with Gasteiger partial charge in [-0.05, 0) is 91.3 Å². The molecule has 1 heterocycles. The summed E-state index contributed by atoms with van der Waals surface area (Å²) in [5.41, 5.74) is 6.71. The molecular formula is C75H96N16O27S2. The van der Waals surface area contributed by atoms with E-state index in [1.807, 2.05) is 0 Å². The van der Waals surface area contributed by atoms with E-state index in [1.54, 1.807) is 30.3 Å². The molecule has 15 amide bonds. The summed E-state index contributed by atoms with van der Waals surface area (Å²) in [4.78, 5) is 254. The lowest BCUT2D eigenvalue weighted by atomic mass is 10.0. The van der Waals surface area contributed by atoms with Crippen LogP contribution in [-0.2, 0) is 117 Å². The minimum Gasteiger partial charge on any atom is -0.508 e. The molecule has 120 heavy (non-hydrogen) atoms. The number of aliphatic carboxylic acids is 4. The minimum atomic E-state index is -2.14. The Morgan fingerprint density at radius 3 is 1.24 bits per heavy atom. The van der Waals surface area contributed by atoms with Crippen LogP contribution in [0.5, 0.6) is 17.2 Å². The maximum absolute atomic E-state index is 15.1. The van der Waals surface area contributed by atoms with Crippen LogP contribution in [0.25, 0.3) is 0 Å². The van der Waals surface area contributed by atoms with E-state index in [-0.39, 0.29) is 68.1 Å². The Kier molecular flexibility index (Phi) is 39.9. The van der Waals surface area contributed by atoms with Gasteiger partial charge in [-0.2, -0.15) is 25.3 Å². The summed E-state index contributed by atoms with van der Waals surface area (Å²) in [7, 11) is 0. The number of nitrogens with two attached hydrogens (primary N) is 1. The normalized spacial score (nSPS) is 14.9. The molecule has 1 saturated heterocycles. The van der Waals surface area contributed by atoms with Crippen LogP contribution in [0.15, 0.2) is 103 Å². The second kappa shape index (κ2) is 49.1. The van der Waals surface area contributed by atoms with Gasteiger partial charge in [-0.1, -0.05) is 66.7 Å². The molecule has 0 saturated carbocycles. The zero-order valence-electron chi connectivity index (χ0n) is 64.4. The van der Waals surface area contributed by atoms with Crippen molar-refractivity contribution >= 4 is 138 Å². The first-order valence-corrected chi connectivity index (χ1v) is 38.4. The van der Waals surface area contributed by atoms with E-state index in [1.165, 1.54) is 72.8 Å². The molecule has 4 aromatic rings. The Labute approximate surface area is 695 Å². The molecule has 1 aliphatic rings. The average molecular weight is 1720 g/mol. The summed E-state index contributed by atoms with van der Waals surface area (Å²) in [6.45, 7) is -2.77. The molecule has 0 spiro atoms. The molecule has 5 rings (SSSR count). The Balaban J connectivity index is 1.32. The van der Waals surface area contributed by atoms with Gasteiger partial charge in [0.1, 0.15) is 89.8 Å². The molecule has 0 radical (unpaired) electrons. The predicted octanol–water partition coefficient (Wildman–Crippen LogP) is -7.13. The number of carbonyl (C=O) groups excluding carboxylic acids is 15. The van der Waals surface area contributed by atoms with Gasteiger partial charge < -0.3 is 126 Å². The maximum atomic E-state index is 15.1.